The van der Waals surface area contributed by atoms with E-state index in [1.165, 1.54) is 6.92 Å². The maximum Gasteiger partial charge on any atom is 0.320 e. The Hall–Kier alpha value is -1.10. The standard InChI is InChI=1S/C9H18N2O3/c1-6(2)4-11-8(12)5-10-7(3)9(13)14/h6-7,10H,4-5H2,1-3H3,(H,11,12)(H,13,14)/t7-/m0/s1. The van der Waals surface area contributed by atoms with Crippen molar-refractivity contribution in [1.29, 1.82) is 0 Å². The Labute approximate surface area is 83.9 Å². The first-order valence-electron chi connectivity index (χ1n) is 4.66. The van der Waals surface area contributed by atoms with Gasteiger partial charge in [-0.15, -0.1) is 0 Å². The molecule has 0 heterocycles. The third-order valence-electron chi connectivity index (χ3n) is 1.65. The molecule has 0 aromatic carbocycles. The highest BCUT2D eigenvalue weighted by molar-refractivity contribution is 5.79. The number of aliphatic carboxylic acids is 1. The highest BCUT2D eigenvalue weighted by Gasteiger charge is 2.11. The molecular weight excluding hydrogens is 184 g/mol. The maximum absolute atomic E-state index is 11.1. The zero-order valence-corrected chi connectivity index (χ0v) is 8.83. The number of carboxylic acids is 1. The summed E-state index contributed by atoms with van der Waals surface area (Å²) in [7, 11) is 0. The van der Waals surface area contributed by atoms with Crippen molar-refractivity contribution in [3.63, 3.8) is 0 Å². The van der Waals surface area contributed by atoms with Gasteiger partial charge in [-0.05, 0) is 12.8 Å². The van der Waals surface area contributed by atoms with Gasteiger partial charge in [-0.3, -0.25) is 14.9 Å². The fourth-order valence-electron chi connectivity index (χ4n) is 0.714. The lowest BCUT2D eigenvalue weighted by Gasteiger charge is -2.10. The van der Waals surface area contributed by atoms with Crippen molar-refractivity contribution in [3.8, 4) is 0 Å². The van der Waals surface area contributed by atoms with Crippen LogP contribution in [0.4, 0.5) is 0 Å². The minimum absolute atomic E-state index is 0.0419. The number of amides is 1. The minimum atomic E-state index is -0.957. The first kappa shape index (κ1) is 12.9. The van der Waals surface area contributed by atoms with E-state index in [2.05, 4.69) is 10.6 Å². The summed E-state index contributed by atoms with van der Waals surface area (Å²) >= 11 is 0. The first-order valence-corrected chi connectivity index (χ1v) is 4.66. The molecule has 0 radical (unpaired) electrons. The van der Waals surface area contributed by atoms with Gasteiger partial charge in [0, 0.05) is 6.54 Å². The molecule has 0 saturated heterocycles. The molecule has 3 N–H and O–H groups in total. The van der Waals surface area contributed by atoms with Gasteiger partial charge in [0.15, 0.2) is 0 Å². The molecule has 0 fully saturated rings. The van der Waals surface area contributed by atoms with Gasteiger partial charge in [0.1, 0.15) is 6.04 Å². The van der Waals surface area contributed by atoms with E-state index in [0.29, 0.717) is 12.5 Å². The normalized spacial score (nSPS) is 12.6. The number of rotatable bonds is 6. The van der Waals surface area contributed by atoms with Crippen molar-refractivity contribution in [1.82, 2.24) is 10.6 Å². The van der Waals surface area contributed by atoms with E-state index >= 15 is 0 Å². The molecule has 0 aromatic rings. The zero-order valence-electron chi connectivity index (χ0n) is 8.83. The Kier molecular flexibility index (Phi) is 5.87. The molecule has 0 saturated carbocycles. The van der Waals surface area contributed by atoms with E-state index in [0.717, 1.165) is 0 Å². The van der Waals surface area contributed by atoms with E-state index in [9.17, 15) is 9.59 Å². The number of carbonyl (C=O) groups is 2. The van der Waals surface area contributed by atoms with Gasteiger partial charge >= 0.3 is 5.97 Å². The first-order chi connectivity index (χ1) is 6.43. The third-order valence-corrected chi connectivity index (χ3v) is 1.65. The number of nitrogens with one attached hydrogen (secondary N) is 2. The molecule has 0 aliphatic heterocycles. The van der Waals surface area contributed by atoms with E-state index < -0.39 is 12.0 Å². The van der Waals surface area contributed by atoms with Crippen LogP contribution in [0.3, 0.4) is 0 Å². The van der Waals surface area contributed by atoms with Crippen LogP contribution in [0, 0.1) is 5.92 Å². The second kappa shape index (κ2) is 6.37. The lowest BCUT2D eigenvalue weighted by molar-refractivity contribution is -0.139. The van der Waals surface area contributed by atoms with Crippen molar-refractivity contribution in [2.24, 2.45) is 5.92 Å². The minimum Gasteiger partial charge on any atom is -0.480 e. The van der Waals surface area contributed by atoms with Gasteiger partial charge in [0.05, 0.1) is 6.54 Å². The van der Waals surface area contributed by atoms with E-state index in [4.69, 9.17) is 5.11 Å². The second-order valence-corrected chi connectivity index (χ2v) is 3.64. The molecule has 0 bridgehead atoms. The number of carbonyl (C=O) groups excluding carboxylic acids is 1. The highest BCUT2D eigenvalue weighted by atomic mass is 16.4. The van der Waals surface area contributed by atoms with E-state index in [1.54, 1.807) is 0 Å². The smallest absolute Gasteiger partial charge is 0.320 e. The van der Waals surface area contributed by atoms with Gasteiger partial charge in [-0.25, -0.2) is 0 Å². The van der Waals surface area contributed by atoms with Crippen LogP contribution in [-0.4, -0.2) is 36.1 Å². The van der Waals surface area contributed by atoms with E-state index in [1.807, 2.05) is 13.8 Å². The summed E-state index contributed by atoms with van der Waals surface area (Å²) in [5.41, 5.74) is 0. The van der Waals surface area contributed by atoms with Crippen LogP contribution >= 0.6 is 0 Å². The lowest BCUT2D eigenvalue weighted by atomic mass is 10.2. The molecular formula is C9H18N2O3. The van der Waals surface area contributed by atoms with Crippen LogP contribution in [-0.2, 0) is 9.59 Å². The fourth-order valence-corrected chi connectivity index (χ4v) is 0.714. The van der Waals surface area contributed by atoms with E-state index in [-0.39, 0.29) is 12.5 Å². The third kappa shape index (κ3) is 6.42. The highest BCUT2D eigenvalue weighted by Crippen LogP contribution is 1.86. The largest absolute Gasteiger partial charge is 0.480 e. The Morgan fingerprint density at radius 1 is 1.29 bits per heavy atom. The summed E-state index contributed by atoms with van der Waals surface area (Å²) in [5, 5.41) is 13.8. The Morgan fingerprint density at radius 3 is 2.29 bits per heavy atom. The van der Waals surface area contributed by atoms with Crippen LogP contribution in [0.2, 0.25) is 0 Å². The summed E-state index contributed by atoms with van der Waals surface area (Å²) in [6.07, 6.45) is 0. The molecule has 5 nitrogen and oxygen atoms in total. The lowest BCUT2D eigenvalue weighted by Crippen LogP contribution is -2.42. The fraction of sp³-hybridized carbons (Fsp3) is 0.778. The summed E-state index contributed by atoms with van der Waals surface area (Å²) in [6.45, 7) is 6.14. The van der Waals surface area contributed by atoms with Crippen LogP contribution in [0.1, 0.15) is 20.8 Å². The molecule has 0 aliphatic rings. The number of carboxylic acid groups (broad SMARTS) is 1. The molecule has 5 heteroatoms. The Bertz CT molecular complexity index is 204. The average molecular weight is 202 g/mol. The summed E-state index contributed by atoms with van der Waals surface area (Å²) in [4.78, 5) is 21.5. The second-order valence-electron chi connectivity index (χ2n) is 3.64. The van der Waals surface area contributed by atoms with Crippen molar-refractivity contribution < 1.29 is 14.7 Å². The summed E-state index contributed by atoms with van der Waals surface area (Å²) in [6, 6.07) is -0.695. The van der Waals surface area contributed by atoms with Gasteiger partial charge in [-0.2, -0.15) is 0 Å². The van der Waals surface area contributed by atoms with Crippen molar-refractivity contribution in [2.75, 3.05) is 13.1 Å². The molecule has 0 spiro atoms. The quantitative estimate of drug-likeness (QED) is 0.558. The Morgan fingerprint density at radius 2 is 1.86 bits per heavy atom. The molecule has 1 amide bonds. The number of hydrogen-bond acceptors (Lipinski definition) is 3. The molecule has 1 atom stereocenters. The van der Waals surface area contributed by atoms with Crippen LogP contribution in [0.25, 0.3) is 0 Å². The molecule has 0 aromatic heterocycles. The summed E-state index contributed by atoms with van der Waals surface area (Å²) < 4.78 is 0. The van der Waals surface area contributed by atoms with Gasteiger partial charge in [-0.1, -0.05) is 13.8 Å². The van der Waals surface area contributed by atoms with Gasteiger partial charge in [0.25, 0.3) is 0 Å². The predicted octanol–water partition coefficient (Wildman–Crippen LogP) is -0.179. The Balaban J connectivity index is 3.59. The molecule has 0 unspecified atom stereocenters. The van der Waals surface area contributed by atoms with Crippen molar-refractivity contribution in [3.05, 3.63) is 0 Å². The topological polar surface area (TPSA) is 78.4 Å². The molecule has 0 rings (SSSR count). The molecule has 0 aliphatic carbocycles. The van der Waals surface area contributed by atoms with Gasteiger partial charge < -0.3 is 10.4 Å². The summed E-state index contributed by atoms with van der Waals surface area (Å²) in [5.74, 6) is -0.732. The van der Waals surface area contributed by atoms with Crippen LogP contribution in [0.5, 0.6) is 0 Å². The average Bonchev–Trinajstić information content (AvgIpc) is 2.10. The predicted molar refractivity (Wildman–Crippen MR) is 52.9 cm³/mol. The molecule has 14 heavy (non-hydrogen) atoms. The SMILES string of the molecule is CC(C)CNC(=O)CN[C@@H](C)C(=O)O. The van der Waals surface area contributed by atoms with Gasteiger partial charge in [0.2, 0.25) is 5.91 Å². The van der Waals surface area contributed by atoms with Crippen LogP contribution in [0.15, 0.2) is 0 Å². The zero-order chi connectivity index (χ0) is 11.1. The maximum atomic E-state index is 11.1. The monoisotopic (exact) mass is 202 g/mol. The van der Waals surface area contributed by atoms with Crippen molar-refractivity contribution in [2.45, 2.75) is 26.8 Å². The van der Waals surface area contributed by atoms with Crippen molar-refractivity contribution >= 4 is 11.9 Å². The van der Waals surface area contributed by atoms with Crippen LogP contribution < -0.4 is 10.6 Å². The molecule has 82 valence electrons. The number of hydrogen-bond donors (Lipinski definition) is 3.